The predicted octanol–water partition coefficient (Wildman–Crippen LogP) is 4.55. The lowest BCUT2D eigenvalue weighted by molar-refractivity contribution is -0.193. The van der Waals surface area contributed by atoms with Gasteiger partial charge in [0.1, 0.15) is 11.3 Å². The maximum atomic E-state index is 14.5. The molecule has 5 rings (SSSR count). The van der Waals surface area contributed by atoms with Crippen LogP contribution >= 0.6 is 0 Å². The molecule has 0 bridgehead atoms. The van der Waals surface area contributed by atoms with E-state index in [0.717, 1.165) is 50.1 Å². The van der Waals surface area contributed by atoms with E-state index in [4.69, 9.17) is 24.3 Å². The van der Waals surface area contributed by atoms with Crippen molar-refractivity contribution >= 4 is 22.8 Å². The summed E-state index contributed by atoms with van der Waals surface area (Å²) in [5.41, 5.74) is 1.25. The van der Waals surface area contributed by atoms with Gasteiger partial charge in [-0.2, -0.15) is 41.1 Å². The molecule has 2 aliphatic heterocycles. The first-order valence-electron chi connectivity index (χ1n) is 13.6. The average Bonchev–Trinajstić information content (AvgIpc) is 3.59. The van der Waals surface area contributed by atoms with Gasteiger partial charge in [0.15, 0.2) is 0 Å². The number of para-hydroxylation sites is 1. The number of hydrogen-bond acceptors (Lipinski definition) is 8. The van der Waals surface area contributed by atoms with Gasteiger partial charge in [-0.15, -0.1) is 0 Å². The number of piperidine rings is 2. The van der Waals surface area contributed by atoms with Gasteiger partial charge in [-0.05, 0) is 69.0 Å². The van der Waals surface area contributed by atoms with Gasteiger partial charge < -0.3 is 20.1 Å². The number of nitrogens with one attached hydrogen (secondary N) is 1. The van der Waals surface area contributed by atoms with Gasteiger partial charge in [-0.25, -0.2) is 14.0 Å². The number of fused-ring (bicyclic) bond motifs is 1. The monoisotopic (exact) mass is 640 g/mol. The Labute approximate surface area is 246 Å². The number of aromatic nitrogens is 4. The lowest BCUT2D eigenvalue weighted by atomic mass is 9.89. The minimum Gasteiger partial charge on any atom is -0.475 e. The lowest BCUT2D eigenvalue weighted by Gasteiger charge is -2.42. The second-order valence-corrected chi connectivity index (χ2v) is 10.2. The van der Waals surface area contributed by atoms with Crippen LogP contribution in [0.2, 0.25) is 0 Å². The Morgan fingerprint density at radius 1 is 1.05 bits per heavy atom. The maximum absolute atomic E-state index is 14.5. The van der Waals surface area contributed by atoms with E-state index in [1.807, 2.05) is 13.0 Å². The number of halogens is 7. The number of carbonyl (C=O) groups is 2. The molecule has 1 aromatic carbocycles. The largest absolute Gasteiger partial charge is 0.490 e. The van der Waals surface area contributed by atoms with Crippen molar-refractivity contribution in [2.75, 3.05) is 26.2 Å². The number of carboxylic acid groups (broad SMARTS) is 2. The van der Waals surface area contributed by atoms with Crippen LogP contribution in [0.3, 0.4) is 0 Å². The second-order valence-electron chi connectivity index (χ2n) is 10.2. The summed E-state index contributed by atoms with van der Waals surface area (Å²) in [6.07, 6.45) is -6.22. The fourth-order valence-electron chi connectivity index (χ4n) is 5.09. The smallest absolute Gasteiger partial charge is 0.475 e. The summed E-state index contributed by atoms with van der Waals surface area (Å²) in [7, 11) is 0. The van der Waals surface area contributed by atoms with Crippen molar-refractivity contribution in [3.8, 4) is 5.95 Å². The highest BCUT2D eigenvalue weighted by atomic mass is 19.4. The van der Waals surface area contributed by atoms with E-state index in [9.17, 15) is 30.7 Å². The van der Waals surface area contributed by atoms with Crippen LogP contribution in [0.5, 0.6) is 0 Å². The van der Waals surface area contributed by atoms with Crippen molar-refractivity contribution in [3.05, 3.63) is 35.6 Å². The minimum absolute atomic E-state index is 0.247. The molecule has 0 saturated carbocycles. The van der Waals surface area contributed by atoms with Gasteiger partial charge in [-0.1, -0.05) is 26.0 Å². The van der Waals surface area contributed by atoms with Crippen molar-refractivity contribution in [1.82, 2.24) is 30.1 Å². The molecule has 0 radical (unpaired) electrons. The van der Waals surface area contributed by atoms with Gasteiger partial charge >= 0.3 is 24.3 Å². The molecule has 2 aromatic heterocycles. The molecule has 0 spiro atoms. The van der Waals surface area contributed by atoms with Crippen molar-refractivity contribution < 1.29 is 55.1 Å². The molecule has 3 aromatic rings. The third-order valence-corrected chi connectivity index (χ3v) is 7.26. The quantitative estimate of drug-likeness (QED) is 0.347. The number of nitrogens with zero attached hydrogens (tertiary/aromatic N) is 5. The number of likely N-dealkylation sites (tertiary alicyclic amines) is 1. The molecular formula is C26H31F7N6O5. The number of hydrogen-bond donors (Lipinski definition) is 3. The zero-order valence-corrected chi connectivity index (χ0v) is 23.6. The van der Waals surface area contributed by atoms with E-state index in [1.54, 1.807) is 6.07 Å². The molecule has 4 heterocycles. The van der Waals surface area contributed by atoms with E-state index in [0.29, 0.717) is 35.7 Å². The first-order valence-corrected chi connectivity index (χ1v) is 13.6. The van der Waals surface area contributed by atoms with Crippen molar-refractivity contribution in [1.29, 1.82) is 0 Å². The van der Waals surface area contributed by atoms with E-state index in [1.165, 1.54) is 17.2 Å². The molecule has 0 amide bonds. The van der Waals surface area contributed by atoms with Crippen LogP contribution in [0.1, 0.15) is 50.6 Å². The molecule has 2 fully saturated rings. The Kier molecular flexibility index (Phi) is 11.3. The summed E-state index contributed by atoms with van der Waals surface area (Å²) in [5.74, 6) is -3.95. The molecule has 0 aliphatic carbocycles. The van der Waals surface area contributed by atoms with Gasteiger partial charge in [0, 0.05) is 17.3 Å². The second kappa shape index (κ2) is 14.3. The summed E-state index contributed by atoms with van der Waals surface area (Å²) in [6, 6.07) is 5.70. The number of benzene rings is 1. The van der Waals surface area contributed by atoms with Crippen LogP contribution in [-0.2, 0) is 16.0 Å². The summed E-state index contributed by atoms with van der Waals surface area (Å²) in [5, 5.41) is 27.2. The molecule has 2 saturated heterocycles. The normalized spacial score (nSPS) is 19.9. The molecule has 244 valence electrons. The van der Waals surface area contributed by atoms with E-state index in [2.05, 4.69) is 32.4 Å². The third kappa shape index (κ3) is 8.64. The number of aryl methyl sites for hydroxylation is 1. The summed E-state index contributed by atoms with van der Waals surface area (Å²) in [6.45, 7) is 8.66. The van der Waals surface area contributed by atoms with Crippen molar-refractivity contribution in [2.24, 2.45) is 5.92 Å². The fourth-order valence-corrected chi connectivity index (χ4v) is 5.09. The fraction of sp³-hybridized carbons (Fsp3) is 0.577. The van der Waals surface area contributed by atoms with Crippen LogP contribution in [0.25, 0.3) is 16.9 Å². The minimum atomic E-state index is -5.08. The molecular weight excluding hydrogens is 609 g/mol. The predicted molar refractivity (Wildman–Crippen MR) is 140 cm³/mol. The molecule has 44 heavy (non-hydrogen) atoms. The van der Waals surface area contributed by atoms with E-state index >= 15 is 0 Å². The molecule has 2 unspecified atom stereocenters. The van der Waals surface area contributed by atoms with Gasteiger partial charge in [0.05, 0.1) is 5.69 Å². The van der Waals surface area contributed by atoms with Crippen LogP contribution in [-0.4, -0.2) is 91.5 Å². The highest BCUT2D eigenvalue weighted by molar-refractivity contribution is 5.83. The Bertz CT molecular complexity index is 1390. The van der Waals surface area contributed by atoms with E-state index in [-0.39, 0.29) is 11.7 Å². The van der Waals surface area contributed by atoms with Crippen molar-refractivity contribution in [3.63, 3.8) is 0 Å². The van der Waals surface area contributed by atoms with Gasteiger partial charge in [0.25, 0.3) is 5.95 Å². The van der Waals surface area contributed by atoms with Crippen LogP contribution in [0.15, 0.2) is 22.7 Å². The Morgan fingerprint density at radius 3 is 2.16 bits per heavy atom. The molecule has 2 atom stereocenters. The number of aliphatic carboxylic acids is 2. The number of rotatable bonds is 4. The third-order valence-electron chi connectivity index (χ3n) is 7.26. The highest BCUT2D eigenvalue weighted by Crippen LogP contribution is 2.31. The van der Waals surface area contributed by atoms with Crippen molar-refractivity contribution in [2.45, 2.75) is 63.8 Å². The zero-order valence-electron chi connectivity index (χ0n) is 23.6. The molecule has 2 aliphatic rings. The summed E-state index contributed by atoms with van der Waals surface area (Å²) < 4.78 is 85.1. The van der Waals surface area contributed by atoms with Crippen LogP contribution in [0.4, 0.5) is 30.7 Å². The molecule has 11 nitrogen and oxygen atoms in total. The Balaban J connectivity index is 0.000000317. The van der Waals surface area contributed by atoms with Gasteiger partial charge in [0.2, 0.25) is 5.89 Å². The number of alkyl halides is 6. The average molecular weight is 641 g/mol. The SMILES string of the molecule is CCc1nn(-c2noc(C3CCN(C4CCNCC4C)CC3)n2)c2c(F)cccc12.O=C(O)C(F)(F)F.O=C(O)C(F)(F)F. The summed E-state index contributed by atoms with van der Waals surface area (Å²) >= 11 is 0. The van der Waals surface area contributed by atoms with Crippen LogP contribution < -0.4 is 5.32 Å². The standard InChI is InChI=1S/C22H29FN6O.2C2HF3O2/c1-3-18-16-5-4-6-17(23)20(16)29(26-18)22-25-21(30-27-22)15-8-11-28(12-9-15)19-7-10-24-13-14(19)2;2*3-2(4,5)1(6)7/h4-6,14-15,19,24H,3,7-13H2,1-2H3;2*(H,6,7). The van der Waals surface area contributed by atoms with Crippen LogP contribution in [0, 0.1) is 11.7 Å². The molecule has 18 heteroatoms. The first-order chi connectivity index (χ1) is 20.5. The summed E-state index contributed by atoms with van der Waals surface area (Å²) in [4.78, 5) is 25.0. The zero-order chi connectivity index (χ0) is 32.8. The van der Waals surface area contributed by atoms with Gasteiger partial charge in [-0.3, -0.25) is 4.90 Å². The Hall–Kier alpha value is -3.80. The maximum Gasteiger partial charge on any atom is 0.490 e. The topological polar surface area (TPSA) is 147 Å². The lowest BCUT2D eigenvalue weighted by Crippen LogP contribution is -2.50. The highest BCUT2D eigenvalue weighted by Gasteiger charge is 2.39. The number of carboxylic acids is 2. The van der Waals surface area contributed by atoms with E-state index < -0.39 is 24.3 Å². The Morgan fingerprint density at radius 2 is 1.64 bits per heavy atom. The first kappa shape index (κ1) is 34.7. The molecule has 3 N–H and O–H groups in total.